The first-order valence-electron chi connectivity index (χ1n) is 6.44. The van der Waals surface area contributed by atoms with Crippen LogP contribution in [0, 0.1) is 0 Å². The number of furan rings is 1. The van der Waals surface area contributed by atoms with Gasteiger partial charge in [0.05, 0.1) is 6.26 Å². The zero-order valence-corrected chi connectivity index (χ0v) is 10.7. The molecule has 0 saturated heterocycles. The van der Waals surface area contributed by atoms with E-state index in [1.807, 2.05) is 12.1 Å². The normalized spacial score (nSPS) is 12.7. The minimum atomic E-state index is 0.504. The van der Waals surface area contributed by atoms with Gasteiger partial charge in [0, 0.05) is 18.9 Å². The third kappa shape index (κ3) is 4.33. The van der Waals surface area contributed by atoms with E-state index >= 15 is 0 Å². The maximum absolute atomic E-state index is 5.31. The second-order valence-electron chi connectivity index (χ2n) is 4.51. The summed E-state index contributed by atoms with van der Waals surface area (Å²) in [5.41, 5.74) is 0. The van der Waals surface area contributed by atoms with Crippen molar-refractivity contribution in [2.24, 2.45) is 0 Å². The molecule has 0 saturated carbocycles. The van der Waals surface area contributed by atoms with E-state index in [2.05, 4.69) is 27.4 Å². The van der Waals surface area contributed by atoms with Crippen molar-refractivity contribution in [3.05, 3.63) is 36.3 Å². The molecule has 98 valence electrons. The molecule has 5 nitrogen and oxygen atoms in total. The summed E-state index contributed by atoms with van der Waals surface area (Å²) in [7, 11) is 0. The lowest BCUT2D eigenvalue weighted by Gasteiger charge is -2.12. The van der Waals surface area contributed by atoms with Crippen molar-refractivity contribution in [1.29, 1.82) is 0 Å². The number of rotatable bonds is 8. The van der Waals surface area contributed by atoms with Crippen LogP contribution in [0.5, 0.6) is 0 Å². The van der Waals surface area contributed by atoms with Crippen LogP contribution in [0.4, 0.5) is 0 Å². The lowest BCUT2D eigenvalue weighted by molar-refractivity contribution is 0.457. The number of H-pyrrole nitrogens is 1. The summed E-state index contributed by atoms with van der Waals surface area (Å²) in [5.74, 6) is 2.02. The minimum absolute atomic E-state index is 0.504. The molecule has 0 fully saturated rings. The number of aromatic nitrogens is 3. The van der Waals surface area contributed by atoms with Crippen LogP contribution in [0.25, 0.3) is 0 Å². The molecule has 2 aromatic rings. The van der Waals surface area contributed by atoms with Crippen LogP contribution in [0.1, 0.15) is 31.4 Å². The summed E-state index contributed by atoms with van der Waals surface area (Å²) in [4.78, 5) is 4.10. The van der Waals surface area contributed by atoms with Gasteiger partial charge in [-0.15, -0.1) is 0 Å². The molecular weight excluding hydrogens is 228 g/mol. The van der Waals surface area contributed by atoms with E-state index in [0.29, 0.717) is 6.04 Å². The van der Waals surface area contributed by atoms with E-state index < -0.39 is 0 Å². The molecule has 0 amide bonds. The smallest absolute Gasteiger partial charge is 0.137 e. The third-order valence-corrected chi connectivity index (χ3v) is 2.95. The lowest BCUT2D eigenvalue weighted by atomic mass is 10.1. The number of aromatic amines is 1. The SMILES string of the molecule is CC(CCc1ccco1)NCCCc1ncn[nH]1. The van der Waals surface area contributed by atoms with Gasteiger partial charge in [0.1, 0.15) is 17.9 Å². The lowest BCUT2D eigenvalue weighted by Crippen LogP contribution is -2.27. The maximum Gasteiger partial charge on any atom is 0.137 e. The Kier molecular flexibility index (Phi) is 4.96. The number of hydrogen-bond donors (Lipinski definition) is 2. The van der Waals surface area contributed by atoms with Crippen LogP contribution in [0.15, 0.2) is 29.1 Å². The standard InChI is InChI=1S/C13H20N4O/c1-11(6-7-12-4-3-9-18-12)14-8-2-5-13-15-10-16-17-13/h3-4,9-11,14H,2,5-8H2,1H3,(H,15,16,17). The molecule has 0 aliphatic rings. The monoisotopic (exact) mass is 248 g/mol. The fourth-order valence-electron chi connectivity index (χ4n) is 1.87. The van der Waals surface area contributed by atoms with Crippen molar-refractivity contribution < 1.29 is 4.42 Å². The number of hydrogen-bond acceptors (Lipinski definition) is 4. The van der Waals surface area contributed by atoms with Crippen molar-refractivity contribution >= 4 is 0 Å². The van der Waals surface area contributed by atoms with Crippen LogP contribution >= 0.6 is 0 Å². The quantitative estimate of drug-likeness (QED) is 0.701. The summed E-state index contributed by atoms with van der Waals surface area (Å²) >= 11 is 0. The van der Waals surface area contributed by atoms with E-state index in [1.165, 1.54) is 0 Å². The van der Waals surface area contributed by atoms with Gasteiger partial charge in [-0.05, 0) is 38.4 Å². The van der Waals surface area contributed by atoms with Gasteiger partial charge in [0.25, 0.3) is 0 Å². The van der Waals surface area contributed by atoms with Gasteiger partial charge in [-0.1, -0.05) is 0 Å². The van der Waals surface area contributed by atoms with Crippen LogP contribution in [0.2, 0.25) is 0 Å². The van der Waals surface area contributed by atoms with Crippen LogP contribution in [-0.4, -0.2) is 27.8 Å². The molecule has 0 radical (unpaired) electrons. The summed E-state index contributed by atoms with van der Waals surface area (Å²) < 4.78 is 5.31. The van der Waals surface area contributed by atoms with Crippen LogP contribution in [0.3, 0.4) is 0 Å². The van der Waals surface area contributed by atoms with E-state index in [0.717, 1.165) is 43.8 Å². The third-order valence-electron chi connectivity index (χ3n) is 2.95. The predicted molar refractivity (Wildman–Crippen MR) is 69.2 cm³/mol. The van der Waals surface area contributed by atoms with Gasteiger partial charge in [0.15, 0.2) is 0 Å². The van der Waals surface area contributed by atoms with Crippen molar-refractivity contribution in [2.45, 2.75) is 38.6 Å². The Morgan fingerprint density at radius 1 is 1.44 bits per heavy atom. The molecule has 0 aliphatic carbocycles. The maximum atomic E-state index is 5.31. The molecule has 2 N–H and O–H groups in total. The molecule has 2 rings (SSSR count). The van der Waals surface area contributed by atoms with Crippen LogP contribution < -0.4 is 5.32 Å². The van der Waals surface area contributed by atoms with Crippen molar-refractivity contribution in [1.82, 2.24) is 20.5 Å². The summed E-state index contributed by atoms with van der Waals surface area (Å²) in [5, 5.41) is 10.2. The highest BCUT2D eigenvalue weighted by Gasteiger charge is 2.03. The highest BCUT2D eigenvalue weighted by molar-refractivity contribution is 4.98. The molecule has 1 unspecified atom stereocenters. The highest BCUT2D eigenvalue weighted by atomic mass is 16.3. The molecule has 2 aromatic heterocycles. The zero-order chi connectivity index (χ0) is 12.6. The second-order valence-corrected chi connectivity index (χ2v) is 4.51. The van der Waals surface area contributed by atoms with Gasteiger partial charge in [-0.2, -0.15) is 5.10 Å². The predicted octanol–water partition coefficient (Wildman–Crippen LogP) is 1.94. The van der Waals surface area contributed by atoms with Gasteiger partial charge in [-0.3, -0.25) is 5.10 Å². The molecule has 0 aromatic carbocycles. The Morgan fingerprint density at radius 2 is 2.39 bits per heavy atom. The Balaban J connectivity index is 1.53. The average Bonchev–Trinajstić information content (AvgIpc) is 3.04. The van der Waals surface area contributed by atoms with Crippen molar-refractivity contribution in [2.75, 3.05) is 6.54 Å². The minimum Gasteiger partial charge on any atom is -0.469 e. The summed E-state index contributed by atoms with van der Waals surface area (Å²) in [6.07, 6.45) is 7.37. The molecule has 0 spiro atoms. The number of nitrogens with one attached hydrogen (secondary N) is 2. The Bertz CT molecular complexity index is 410. The highest BCUT2D eigenvalue weighted by Crippen LogP contribution is 2.05. The molecule has 2 heterocycles. The molecular formula is C13H20N4O. The second kappa shape index (κ2) is 6.96. The molecule has 1 atom stereocenters. The van der Waals surface area contributed by atoms with Gasteiger partial charge in [0.2, 0.25) is 0 Å². The number of nitrogens with zero attached hydrogens (tertiary/aromatic N) is 2. The van der Waals surface area contributed by atoms with E-state index in [1.54, 1.807) is 12.6 Å². The van der Waals surface area contributed by atoms with Crippen LogP contribution in [-0.2, 0) is 12.8 Å². The van der Waals surface area contributed by atoms with Gasteiger partial charge < -0.3 is 9.73 Å². The molecule has 0 bridgehead atoms. The van der Waals surface area contributed by atoms with Crippen molar-refractivity contribution in [3.63, 3.8) is 0 Å². The van der Waals surface area contributed by atoms with E-state index in [4.69, 9.17) is 4.42 Å². The average molecular weight is 248 g/mol. The fourth-order valence-corrected chi connectivity index (χ4v) is 1.87. The van der Waals surface area contributed by atoms with E-state index in [-0.39, 0.29) is 0 Å². The zero-order valence-electron chi connectivity index (χ0n) is 10.7. The summed E-state index contributed by atoms with van der Waals surface area (Å²) in [6.45, 7) is 3.21. The largest absolute Gasteiger partial charge is 0.469 e. The fraction of sp³-hybridized carbons (Fsp3) is 0.538. The van der Waals surface area contributed by atoms with Crippen molar-refractivity contribution in [3.8, 4) is 0 Å². The Labute approximate surface area is 107 Å². The first kappa shape index (κ1) is 12.8. The Morgan fingerprint density at radius 3 is 3.11 bits per heavy atom. The van der Waals surface area contributed by atoms with Gasteiger partial charge in [-0.25, -0.2) is 4.98 Å². The first-order chi connectivity index (χ1) is 8.84. The van der Waals surface area contributed by atoms with Gasteiger partial charge >= 0.3 is 0 Å². The molecule has 18 heavy (non-hydrogen) atoms. The molecule has 5 heteroatoms. The Hall–Kier alpha value is -1.62. The first-order valence-corrected chi connectivity index (χ1v) is 6.44. The summed E-state index contributed by atoms with van der Waals surface area (Å²) in [6, 6.07) is 4.46. The number of aryl methyl sites for hydroxylation is 2. The molecule has 0 aliphatic heterocycles. The van der Waals surface area contributed by atoms with E-state index in [9.17, 15) is 0 Å². The topological polar surface area (TPSA) is 66.7 Å².